The molecule has 4 atom stereocenters. The number of unbranched alkanes of at least 4 members (excludes halogenated alkanes) is 2. The van der Waals surface area contributed by atoms with Gasteiger partial charge in [-0.1, -0.05) is 26.7 Å². The van der Waals surface area contributed by atoms with Crippen LogP contribution in [0.25, 0.3) is 11.2 Å². The Morgan fingerprint density at radius 2 is 1.68 bits per heavy atom. The van der Waals surface area contributed by atoms with Crippen LogP contribution in [0.2, 0.25) is 0 Å². The molecule has 4 rings (SSSR count). The number of nitrogens with zero attached hydrogens (tertiary/aromatic N) is 5. The minimum atomic E-state index is -0.914. The quantitative estimate of drug-likeness (QED) is 0.566. The summed E-state index contributed by atoms with van der Waals surface area (Å²) in [7, 11) is 3.31. The second-order valence-corrected chi connectivity index (χ2v) is 9.67. The summed E-state index contributed by atoms with van der Waals surface area (Å²) in [6.07, 6.45) is 1.77. The molecule has 0 aromatic carbocycles. The number of ether oxygens (including phenoxy) is 3. The molecule has 34 heavy (non-hydrogen) atoms. The lowest BCUT2D eigenvalue weighted by Gasteiger charge is -2.25. The number of fused-ring (bicyclic) bond motifs is 2. The number of carbonyl (C=O) groups excluding carboxylic acids is 1. The van der Waals surface area contributed by atoms with E-state index in [4.69, 9.17) is 14.2 Å². The molecule has 0 spiro atoms. The van der Waals surface area contributed by atoms with Gasteiger partial charge in [0.25, 0.3) is 11.5 Å². The Morgan fingerprint density at radius 3 is 2.29 bits per heavy atom. The van der Waals surface area contributed by atoms with E-state index in [2.05, 4.69) is 4.98 Å². The first-order valence-corrected chi connectivity index (χ1v) is 12.0. The van der Waals surface area contributed by atoms with Crippen molar-refractivity contribution in [2.45, 2.75) is 96.8 Å². The van der Waals surface area contributed by atoms with Crippen LogP contribution in [0.4, 0.5) is 0 Å². The first-order chi connectivity index (χ1) is 16.1. The number of aryl methyl sites for hydroxylation is 1. The summed E-state index contributed by atoms with van der Waals surface area (Å²) in [4.78, 5) is 45.5. The molecule has 2 aromatic heterocycles. The molecule has 1 amide bonds. The van der Waals surface area contributed by atoms with E-state index in [0.29, 0.717) is 25.2 Å². The first-order valence-electron chi connectivity index (χ1n) is 12.0. The highest BCUT2D eigenvalue weighted by Gasteiger charge is 2.58. The highest BCUT2D eigenvalue weighted by molar-refractivity contribution is 5.81. The zero-order chi connectivity index (χ0) is 24.8. The standard InChI is InChI=1S/C23H35N5O6/c1-7-9-11-26-18-14(19(29)27(22(26)31)12-10-8-2)28(13-24-18)21-17-15(33-23(3,4)34-17)16(32-21)20(30)25(5)6/h13,15-17,21H,7-12H2,1-6H3/t15-,16+,17-,21-/m1/s1. The molecule has 2 aromatic rings. The second kappa shape index (κ2) is 9.27. The normalized spacial score (nSPS) is 25.7. The molecule has 0 saturated carbocycles. The number of likely N-dealkylation sites (N-methyl/N-ethyl adjacent to an activating group) is 1. The summed E-state index contributed by atoms with van der Waals surface area (Å²) in [5, 5.41) is 0. The predicted molar refractivity (Wildman–Crippen MR) is 124 cm³/mol. The van der Waals surface area contributed by atoms with E-state index >= 15 is 0 Å². The molecular formula is C23H35N5O6. The SMILES string of the molecule is CCCCn1c(=O)c2c(ncn2[C@@H]2O[C@H](C(=O)N(C)C)[C@H]3OC(C)(C)O[C@H]32)n(CCCC)c1=O. The molecule has 0 N–H and O–H groups in total. The largest absolute Gasteiger partial charge is 0.346 e. The molecule has 2 aliphatic heterocycles. The van der Waals surface area contributed by atoms with Gasteiger partial charge in [0.1, 0.15) is 12.2 Å². The lowest BCUT2D eigenvalue weighted by atomic mass is 10.1. The van der Waals surface area contributed by atoms with Crippen molar-refractivity contribution < 1.29 is 19.0 Å². The molecule has 2 saturated heterocycles. The Morgan fingerprint density at radius 1 is 1.06 bits per heavy atom. The molecule has 0 aliphatic carbocycles. The molecule has 2 fully saturated rings. The number of carbonyl (C=O) groups is 1. The Balaban J connectivity index is 1.86. The lowest BCUT2D eigenvalue weighted by molar-refractivity contribution is -0.199. The minimum Gasteiger partial charge on any atom is -0.346 e. The maximum atomic E-state index is 13.5. The van der Waals surface area contributed by atoms with Crippen molar-refractivity contribution in [2.75, 3.05) is 14.1 Å². The van der Waals surface area contributed by atoms with Gasteiger partial charge < -0.3 is 19.1 Å². The number of hydrogen-bond donors (Lipinski definition) is 0. The molecule has 0 bridgehead atoms. The average molecular weight is 478 g/mol. The van der Waals surface area contributed by atoms with Crippen molar-refractivity contribution in [3.63, 3.8) is 0 Å². The van der Waals surface area contributed by atoms with Crippen molar-refractivity contribution in [2.24, 2.45) is 0 Å². The number of hydrogen-bond acceptors (Lipinski definition) is 7. The third-order valence-corrected chi connectivity index (χ3v) is 6.40. The third kappa shape index (κ3) is 4.09. The Hall–Kier alpha value is -2.50. The summed E-state index contributed by atoms with van der Waals surface area (Å²) in [6.45, 7) is 8.41. The van der Waals surface area contributed by atoms with Gasteiger partial charge >= 0.3 is 5.69 Å². The van der Waals surface area contributed by atoms with E-state index in [9.17, 15) is 14.4 Å². The van der Waals surface area contributed by atoms with Gasteiger partial charge in [-0.3, -0.25) is 23.3 Å². The van der Waals surface area contributed by atoms with Crippen molar-refractivity contribution in [3.05, 3.63) is 27.2 Å². The summed E-state index contributed by atoms with van der Waals surface area (Å²) in [6, 6.07) is 0. The van der Waals surface area contributed by atoms with Crippen LogP contribution in [-0.2, 0) is 32.1 Å². The molecule has 11 heteroatoms. The van der Waals surface area contributed by atoms with Gasteiger partial charge in [0, 0.05) is 27.2 Å². The van der Waals surface area contributed by atoms with Crippen molar-refractivity contribution in [3.8, 4) is 0 Å². The summed E-state index contributed by atoms with van der Waals surface area (Å²) in [5.41, 5.74) is -0.185. The third-order valence-electron chi connectivity index (χ3n) is 6.40. The van der Waals surface area contributed by atoms with Gasteiger partial charge in [0.2, 0.25) is 0 Å². The maximum Gasteiger partial charge on any atom is 0.332 e. The van der Waals surface area contributed by atoms with E-state index < -0.39 is 35.9 Å². The van der Waals surface area contributed by atoms with Gasteiger partial charge in [-0.05, 0) is 26.7 Å². The summed E-state index contributed by atoms with van der Waals surface area (Å²) < 4.78 is 22.8. The fourth-order valence-electron chi connectivity index (χ4n) is 4.68. The zero-order valence-corrected chi connectivity index (χ0v) is 20.8. The number of rotatable bonds is 8. The fraction of sp³-hybridized carbons (Fsp3) is 0.739. The van der Waals surface area contributed by atoms with E-state index in [-0.39, 0.29) is 17.1 Å². The molecular weight excluding hydrogens is 442 g/mol. The van der Waals surface area contributed by atoms with Gasteiger partial charge in [0.05, 0.1) is 6.33 Å². The Bertz CT molecular complexity index is 1180. The highest BCUT2D eigenvalue weighted by Crippen LogP contribution is 2.44. The number of amides is 1. The highest BCUT2D eigenvalue weighted by atomic mass is 16.8. The monoisotopic (exact) mass is 477 g/mol. The Labute approximate surface area is 198 Å². The van der Waals surface area contributed by atoms with Crippen LogP contribution >= 0.6 is 0 Å². The minimum absolute atomic E-state index is 0.247. The van der Waals surface area contributed by atoms with Crippen LogP contribution in [0.15, 0.2) is 15.9 Å². The van der Waals surface area contributed by atoms with Crippen LogP contribution in [0, 0.1) is 0 Å². The number of aromatic nitrogens is 4. The van der Waals surface area contributed by atoms with Crippen molar-refractivity contribution in [1.82, 2.24) is 23.6 Å². The molecule has 11 nitrogen and oxygen atoms in total. The lowest BCUT2D eigenvalue weighted by Crippen LogP contribution is -2.42. The van der Waals surface area contributed by atoms with Gasteiger partial charge in [-0.25, -0.2) is 9.78 Å². The van der Waals surface area contributed by atoms with Crippen LogP contribution in [-0.4, -0.2) is 67.7 Å². The molecule has 0 unspecified atom stereocenters. The number of imidazole rings is 1. The van der Waals surface area contributed by atoms with Crippen molar-refractivity contribution >= 4 is 17.1 Å². The van der Waals surface area contributed by atoms with E-state index in [1.165, 1.54) is 15.8 Å². The fourth-order valence-corrected chi connectivity index (χ4v) is 4.68. The smallest absolute Gasteiger partial charge is 0.332 e. The van der Waals surface area contributed by atoms with Crippen LogP contribution < -0.4 is 11.2 Å². The zero-order valence-electron chi connectivity index (χ0n) is 20.8. The summed E-state index contributed by atoms with van der Waals surface area (Å²) in [5.74, 6) is -1.16. The maximum absolute atomic E-state index is 13.5. The average Bonchev–Trinajstić information content (AvgIpc) is 3.43. The molecule has 188 valence electrons. The van der Waals surface area contributed by atoms with Crippen LogP contribution in [0.1, 0.15) is 59.6 Å². The predicted octanol–water partition coefficient (Wildman–Crippen LogP) is 1.47. The topological polar surface area (TPSA) is 110 Å². The second-order valence-electron chi connectivity index (χ2n) is 9.67. The van der Waals surface area contributed by atoms with E-state index in [1.54, 1.807) is 37.1 Å². The van der Waals surface area contributed by atoms with E-state index in [1.807, 2.05) is 13.8 Å². The van der Waals surface area contributed by atoms with Crippen LogP contribution in [0.3, 0.4) is 0 Å². The Kier molecular flexibility index (Phi) is 6.71. The summed E-state index contributed by atoms with van der Waals surface area (Å²) >= 11 is 0. The first kappa shape index (κ1) is 24.6. The van der Waals surface area contributed by atoms with Gasteiger partial charge in [-0.15, -0.1) is 0 Å². The van der Waals surface area contributed by atoms with Gasteiger partial charge in [0.15, 0.2) is 29.3 Å². The molecule has 4 heterocycles. The molecule has 0 radical (unpaired) electrons. The van der Waals surface area contributed by atoms with Crippen molar-refractivity contribution in [1.29, 1.82) is 0 Å². The van der Waals surface area contributed by atoms with E-state index in [0.717, 1.165) is 19.3 Å². The molecule has 2 aliphatic rings. The van der Waals surface area contributed by atoms with Gasteiger partial charge in [-0.2, -0.15) is 0 Å². The van der Waals surface area contributed by atoms with Crippen LogP contribution in [0.5, 0.6) is 0 Å².